The summed E-state index contributed by atoms with van der Waals surface area (Å²) in [6.07, 6.45) is 0.650. The van der Waals surface area contributed by atoms with Crippen molar-refractivity contribution in [2.24, 2.45) is 5.73 Å². The van der Waals surface area contributed by atoms with E-state index < -0.39 is 5.60 Å². The Hall–Kier alpha value is -1.07. The molecule has 20 heavy (non-hydrogen) atoms. The Labute approximate surface area is 124 Å². The van der Waals surface area contributed by atoms with Crippen LogP contribution in [-0.4, -0.2) is 35.2 Å². The highest BCUT2D eigenvalue weighted by Gasteiger charge is 2.37. The lowest BCUT2D eigenvalue weighted by Crippen LogP contribution is -2.54. The first-order valence-corrected chi connectivity index (χ1v) is 7.99. The van der Waals surface area contributed by atoms with Crippen LogP contribution in [0.3, 0.4) is 0 Å². The van der Waals surface area contributed by atoms with Gasteiger partial charge < -0.3 is 15.4 Å². The second-order valence-electron chi connectivity index (χ2n) is 6.53. The summed E-state index contributed by atoms with van der Waals surface area (Å²) in [7, 11) is 0. The Morgan fingerprint density at radius 3 is 2.75 bits per heavy atom. The Morgan fingerprint density at radius 1 is 1.50 bits per heavy atom. The molecular weight excluding hydrogens is 272 g/mol. The number of nitrogens with two attached hydrogens (primary N) is 1. The summed E-state index contributed by atoms with van der Waals surface area (Å²) in [4.78, 5) is 14.1. The molecule has 1 amide bonds. The van der Waals surface area contributed by atoms with Gasteiger partial charge in [0.05, 0.1) is 0 Å². The summed E-state index contributed by atoms with van der Waals surface area (Å²) >= 11 is 1.68. The molecule has 1 aliphatic heterocycles. The van der Waals surface area contributed by atoms with Gasteiger partial charge in [0.25, 0.3) is 0 Å². The van der Waals surface area contributed by atoms with Gasteiger partial charge in [-0.05, 0) is 56.5 Å². The van der Waals surface area contributed by atoms with E-state index in [9.17, 15) is 4.79 Å². The van der Waals surface area contributed by atoms with Gasteiger partial charge in [-0.1, -0.05) is 0 Å². The summed E-state index contributed by atoms with van der Waals surface area (Å²) in [5.74, 6) is 0.289. The Bertz CT molecular complexity index is 453. The van der Waals surface area contributed by atoms with Crippen LogP contribution < -0.4 is 5.73 Å². The minimum Gasteiger partial charge on any atom is -0.444 e. The number of nitrogens with zero attached hydrogens (tertiary/aromatic N) is 1. The molecule has 0 bridgehead atoms. The maximum atomic E-state index is 12.3. The first kappa shape index (κ1) is 15.3. The van der Waals surface area contributed by atoms with Crippen LogP contribution in [0.25, 0.3) is 0 Å². The Balaban J connectivity index is 2.15. The summed E-state index contributed by atoms with van der Waals surface area (Å²) in [6.45, 7) is 8.30. The van der Waals surface area contributed by atoms with Crippen molar-refractivity contribution in [1.29, 1.82) is 0 Å². The number of carbonyl (C=O) groups excluding carboxylic acids is 1. The van der Waals surface area contributed by atoms with E-state index in [-0.39, 0.29) is 24.1 Å². The molecule has 1 aliphatic rings. The fourth-order valence-electron chi connectivity index (χ4n) is 2.70. The average Bonchev–Trinajstić information content (AvgIpc) is 2.82. The SMILES string of the molecule is CC1C(c2ccsc2)CC(N)CN1C(=O)OC(C)(C)C. The lowest BCUT2D eigenvalue weighted by Gasteiger charge is -2.42. The molecule has 112 valence electrons. The molecule has 2 heterocycles. The van der Waals surface area contributed by atoms with E-state index in [1.54, 1.807) is 16.2 Å². The Kier molecular flexibility index (Phi) is 4.39. The number of hydrogen-bond acceptors (Lipinski definition) is 4. The summed E-state index contributed by atoms with van der Waals surface area (Å²) in [5.41, 5.74) is 6.93. The third kappa shape index (κ3) is 3.52. The van der Waals surface area contributed by atoms with E-state index in [2.05, 4.69) is 23.8 Å². The molecule has 3 unspecified atom stereocenters. The molecule has 2 N–H and O–H groups in total. The molecule has 2 rings (SSSR count). The van der Waals surface area contributed by atoms with Crippen molar-refractivity contribution in [3.63, 3.8) is 0 Å². The molecule has 0 radical (unpaired) electrons. The highest BCUT2D eigenvalue weighted by molar-refractivity contribution is 7.07. The highest BCUT2D eigenvalue weighted by Crippen LogP contribution is 2.33. The largest absolute Gasteiger partial charge is 0.444 e. The lowest BCUT2D eigenvalue weighted by molar-refractivity contribution is 0.00657. The lowest BCUT2D eigenvalue weighted by atomic mass is 9.84. The first-order valence-electron chi connectivity index (χ1n) is 7.05. The van der Waals surface area contributed by atoms with E-state index in [1.807, 2.05) is 20.8 Å². The van der Waals surface area contributed by atoms with Gasteiger partial charge in [-0.25, -0.2) is 4.79 Å². The van der Waals surface area contributed by atoms with Crippen LogP contribution in [0.15, 0.2) is 16.8 Å². The predicted octanol–water partition coefficient (Wildman–Crippen LogP) is 3.19. The van der Waals surface area contributed by atoms with Crippen molar-refractivity contribution in [3.8, 4) is 0 Å². The van der Waals surface area contributed by atoms with Gasteiger partial charge in [-0.2, -0.15) is 11.3 Å². The maximum Gasteiger partial charge on any atom is 0.410 e. The molecule has 1 saturated heterocycles. The van der Waals surface area contributed by atoms with E-state index in [1.165, 1.54) is 5.56 Å². The minimum atomic E-state index is -0.476. The number of hydrogen-bond donors (Lipinski definition) is 1. The quantitative estimate of drug-likeness (QED) is 0.866. The van der Waals surface area contributed by atoms with Gasteiger partial charge in [-0.15, -0.1) is 0 Å². The number of amides is 1. The number of piperidine rings is 1. The van der Waals surface area contributed by atoms with Crippen molar-refractivity contribution in [1.82, 2.24) is 4.90 Å². The molecule has 0 spiro atoms. The second kappa shape index (κ2) is 5.74. The fourth-order valence-corrected chi connectivity index (χ4v) is 3.42. The molecule has 0 aliphatic carbocycles. The zero-order valence-electron chi connectivity index (χ0n) is 12.6. The number of likely N-dealkylation sites (tertiary alicyclic amines) is 1. The van der Waals surface area contributed by atoms with E-state index in [0.717, 1.165) is 6.42 Å². The van der Waals surface area contributed by atoms with Crippen molar-refractivity contribution in [3.05, 3.63) is 22.4 Å². The van der Waals surface area contributed by atoms with Gasteiger partial charge in [0.2, 0.25) is 0 Å². The van der Waals surface area contributed by atoms with E-state index >= 15 is 0 Å². The smallest absolute Gasteiger partial charge is 0.410 e. The Morgan fingerprint density at radius 2 is 2.20 bits per heavy atom. The van der Waals surface area contributed by atoms with Crippen LogP contribution in [0, 0.1) is 0 Å². The summed E-state index contributed by atoms with van der Waals surface area (Å²) in [6, 6.07) is 2.24. The van der Waals surface area contributed by atoms with Crippen molar-refractivity contribution >= 4 is 17.4 Å². The molecule has 3 atom stereocenters. The van der Waals surface area contributed by atoms with E-state index in [4.69, 9.17) is 10.5 Å². The zero-order valence-corrected chi connectivity index (χ0v) is 13.4. The predicted molar refractivity (Wildman–Crippen MR) is 82.1 cm³/mol. The normalized spacial score (nSPS) is 27.4. The van der Waals surface area contributed by atoms with Gasteiger partial charge in [0.1, 0.15) is 5.60 Å². The van der Waals surface area contributed by atoms with Gasteiger partial charge in [0.15, 0.2) is 0 Å². The highest BCUT2D eigenvalue weighted by atomic mass is 32.1. The third-order valence-corrected chi connectivity index (χ3v) is 4.36. The number of rotatable bonds is 1. The summed E-state index contributed by atoms with van der Waals surface area (Å²) < 4.78 is 5.50. The third-order valence-electron chi connectivity index (χ3n) is 3.66. The number of thiophene rings is 1. The van der Waals surface area contributed by atoms with Gasteiger partial charge in [-0.3, -0.25) is 0 Å². The molecule has 4 nitrogen and oxygen atoms in total. The molecule has 0 aromatic carbocycles. The topological polar surface area (TPSA) is 55.6 Å². The van der Waals surface area contributed by atoms with Gasteiger partial charge >= 0.3 is 6.09 Å². The van der Waals surface area contributed by atoms with Crippen molar-refractivity contribution in [2.45, 2.75) is 57.7 Å². The zero-order chi connectivity index (χ0) is 14.9. The van der Waals surface area contributed by atoms with Crippen LogP contribution in [0.2, 0.25) is 0 Å². The fraction of sp³-hybridized carbons (Fsp3) is 0.667. The van der Waals surface area contributed by atoms with Crippen LogP contribution >= 0.6 is 11.3 Å². The van der Waals surface area contributed by atoms with Crippen molar-refractivity contribution < 1.29 is 9.53 Å². The van der Waals surface area contributed by atoms with Crippen LogP contribution in [0.1, 0.15) is 45.6 Å². The first-order chi connectivity index (χ1) is 9.28. The van der Waals surface area contributed by atoms with Crippen LogP contribution in [0.5, 0.6) is 0 Å². The molecular formula is C15H24N2O2S. The molecule has 5 heteroatoms. The summed E-state index contributed by atoms with van der Waals surface area (Å²) in [5, 5.41) is 4.21. The molecule has 1 fully saturated rings. The van der Waals surface area contributed by atoms with Crippen LogP contribution in [-0.2, 0) is 4.74 Å². The monoisotopic (exact) mass is 296 g/mol. The van der Waals surface area contributed by atoms with Gasteiger partial charge in [0, 0.05) is 24.5 Å². The average molecular weight is 296 g/mol. The maximum absolute atomic E-state index is 12.3. The minimum absolute atomic E-state index is 0.00335. The number of ether oxygens (including phenoxy) is 1. The molecule has 0 saturated carbocycles. The molecule has 1 aromatic heterocycles. The molecule has 1 aromatic rings. The standard InChI is InChI=1S/C15H24N2O2S/c1-10-13(11-5-6-20-9-11)7-12(16)8-17(10)14(18)19-15(2,3)4/h5-6,9-10,12-13H,7-8,16H2,1-4H3. The second-order valence-corrected chi connectivity index (χ2v) is 7.31. The van der Waals surface area contributed by atoms with Crippen molar-refractivity contribution in [2.75, 3.05) is 6.54 Å². The van der Waals surface area contributed by atoms with Crippen LogP contribution in [0.4, 0.5) is 4.79 Å². The number of carbonyl (C=O) groups is 1. The van der Waals surface area contributed by atoms with E-state index in [0.29, 0.717) is 6.54 Å².